The van der Waals surface area contributed by atoms with E-state index in [4.69, 9.17) is 14.2 Å². The van der Waals surface area contributed by atoms with Gasteiger partial charge in [-0.3, -0.25) is 0 Å². The molecule has 0 aliphatic rings. The number of benzene rings is 3. The fraction of sp³-hybridized carbons (Fsp3) is 0.217. The average molecular weight is 350 g/mol. The first-order valence-corrected chi connectivity index (χ1v) is 8.83. The van der Waals surface area contributed by atoms with Crippen molar-refractivity contribution in [2.75, 3.05) is 7.11 Å². The standard InChI is InChI=1S/C21H20O3.C2H6/c1-16-9-11-18(12-10-16)24-21-8-4-7-20(14-21)23-15-17-5-3-6-19(13-17)22-2;1-2/h3-14H,15H2,1-2H3;1-2H3. The number of rotatable bonds is 6. The highest BCUT2D eigenvalue weighted by molar-refractivity contribution is 5.37. The Morgan fingerprint density at radius 1 is 0.692 bits per heavy atom. The minimum absolute atomic E-state index is 0.477. The van der Waals surface area contributed by atoms with E-state index in [9.17, 15) is 0 Å². The summed E-state index contributed by atoms with van der Waals surface area (Å²) in [5, 5.41) is 0. The summed E-state index contributed by atoms with van der Waals surface area (Å²) in [7, 11) is 1.66. The summed E-state index contributed by atoms with van der Waals surface area (Å²) in [6, 6.07) is 23.5. The van der Waals surface area contributed by atoms with Gasteiger partial charge in [-0.1, -0.05) is 49.7 Å². The Labute approximate surface area is 156 Å². The van der Waals surface area contributed by atoms with Crippen molar-refractivity contribution >= 4 is 0 Å². The van der Waals surface area contributed by atoms with Crippen molar-refractivity contribution in [3.05, 3.63) is 83.9 Å². The Hall–Kier alpha value is -2.94. The van der Waals surface area contributed by atoms with E-state index < -0.39 is 0 Å². The van der Waals surface area contributed by atoms with Crippen LogP contribution in [-0.2, 0) is 6.61 Å². The highest BCUT2D eigenvalue weighted by Gasteiger charge is 2.02. The third-order valence-electron chi connectivity index (χ3n) is 3.60. The van der Waals surface area contributed by atoms with E-state index >= 15 is 0 Å². The van der Waals surface area contributed by atoms with Crippen LogP contribution in [-0.4, -0.2) is 7.11 Å². The second-order valence-corrected chi connectivity index (χ2v) is 5.53. The summed E-state index contributed by atoms with van der Waals surface area (Å²) in [6.45, 7) is 6.53. The van der Waals surface area contributed by atoms with Crippen molar-refractivity contribution in [2.24, 2.45) is 0 Å². The molecule has 26 heavy (non-hydrogen) atoms. The lowest BCUT2D eigenvalue weighted by molar-refractivity contribution is 0.303. The van der Waals surface area contributed by atoms with Gasteiger partial charge in [0.05, 0.1) is 7.11 Å². The van der Waals surface area contributed by atoms with Gasteiger partial charge in [-0.25, -0.2) is 0 Å². The maximum Gasteiger partial charge on any atom is 0.131 e. The minimum atomic E-state index is 0.477. The zero-order chi connectivity index (χ0) is 18.8. The van der Waals surface area contributed by atoms with E-state index in [1.54, 1.807) is 7.11 Å². The molecule has 0 N–H and O–H groups in total. The third kappa shape index (κ3) is 5.85. The van der Waals surface area contributed by atoms with Crippen molar-refractivity contribution < 1.29 is 14.2 Å². The minimum Gasteiger partial charge on any atom is -0.497 e. The van der Waals surface area contributed by atoms with Crippen LogP contribution in [0.5, 0.6) is 23.0 Å². The number of hydrogen-bond acceptors (Lipinski definition) is 3. The average Bonchev–Trinajstić information content (AvgIpc) is 2.70. The van der Waals surface area contributed by atoms with Crippen LogP contribution >= 0.6 is 0 Å². The van der Waals surface area contributed by atoms with Gasteiger partial charge in [0, 0.05) is 6.07 Å². The van der Waals surface area contributed by atoms with Gasteiger partial charge < -0.3 is 14.2 Å². The number of ether oxygens (including phenoxy) is 3. The van der Waals surface area contributed by atoms with Crippen LogP contribution in [0.4, 0.5) is 0 Å². The predicted octanol–water partition coefficient (Wildman–Crippen LogP) is 6.40. The van der Waals surface area contributed by atoms with Gasteiger partial charge in [-0.05, 0) is 48.9 Å². The smallest absolute Gasteiger partial charge is 0.131 e. The Balaban J connectivity index is 0.00000117. The van der Waals surface area contributed by atoms with Gasteiger partial charge in [0.25, 0.3) is 0 Å². The van der Waals surface area contributed by atoms with Crippen molar-refractivity contribution in [2.45, 2.75) is 27.4 Å². The Morgan fingerprint density at radius 3 is 2.08 bits per heavy atom. The van der Waals surface area contributed by atoms with Crippen molar-refractivity contribution in [3.63, 3.8) is 0 Å². The van der Waals surface area contributed by atoms with Gasteiger partial charge in [0.1, 0.15) is 29.6 Å². The molecule has 0 aromatic heterocycles. The van der Waals surface area contributed by atoms with Crippen LogP contribution < -0.4 is 14.2 Å². The molecule has 136 valence electrons. The molecule has 0 saturated heterocycles. The highest BCUT2D eigenvalue weighted by Crippen LogP contribution is 2.26. The molecule has 0 amide bonds. The Morgan fingerprint density at radius 2 is 1.35 bits per heavy atom. The maximum atomic E-state index is 5.86. The molecule has 0 heterocycles. The molecule has 0 saturated carbocycles. The first-order chi connectivity index (χ1) is 12.7. The van der Waals surface area contributed by atoms with Gasteiger partial charge in [0.2, 0.25) is 0 Å². The number of aryl methyl sites for hydroxylation is 1. The molecule has 3 heteroatoms. The van der Waals surface area contributed by atoms with E-state index in [0.29, 0.717) is 6.61 Å². The molecule has 0 atom stereocenters. The molecule has 3 aromatic carbocycles. The molecule has 0 bridgehead atoms. The van der Waals surface area contributed by atoms with Gasteiger partial charge in [-0.2, -0.15) is 0 Å². The Kier molecular flexibility index (Phi) is 7.56. The summed E-state index contributed by atoms with van der Waals surface area (Å²) in [6.07, 6.45) is 0. The summed E-state index contributed by atoms with van der Waals surface area (Å²) < 4.78 is 16.9. The normalized spacial score (nSPS) is 9.69. The summed E-state index contributed by atoms with van der Waals surface area (Å²) in [4.78, 5) is 0. The lowest BCUT2D eigenvalue weighted by Crippen LogP contribution is -1.96. The number of methoxy groups -OCH3 is 1. The number of hydrogen-bond donors (Lipinski definition) is 0. The van der Waals surface area contributed by atoms with Gasteiger partial charge in [0.15, 0.2) is 0 Å². The first-order valence-electron chi connectivity index (χ1n) is 8.83. The highest BCUT2D eigenvalue weighted by atomic mass is 16.5. The van der Waals surface area contributed by atoms with Crippen LogP contribution in [0.25, 0.3) is 0 Å². The molecule has 0 aliphatic heterocycles. The lowest BCUT2D eigenvalue weighted by atomic mass is 10.2. The second kappa shape index (κ2) is 10.1. The van der Waals surface area contributed by atoms with Gasteiger partial charge >= 0.3 is 0 Å². The summed E-state index contributed by atoms with van der Waals surface area (Å²) >= 11 is 0. The molecule has 0 fully saturated rings. The molecule has 3 rings (SSSR count). The monoisotopic (exact) mass is 350 g/mol. The van der Waals surface area contributed by atoms with Crippen LogP contribution in [0.1, 0.15) is 25.0 Å². The molecule has 3 nitrogen and oxygen atoms in total. The summed E-state index contributed by atoms with van der Waals surface area (Å²) in [5.41, 5.74) is 2.26. The fourth-order valence-corrected chi connectivity index (χ4v) is 2.30. The van der Waals surface area contributed by atoms with E-state index in [-0.39, 0.29) is 0 Å². The largest absolute Gasteiger partial charge is 0.497 e. The lowest BCUT2D eigenvalue weighted by Gasteiger charge is -2.10. The predicted molar refractivity (Wildman–Crippen MR) is 106 cm³/mol. The van der Waals surface area contributed by atoms with Gasteiger partial charge in [-0.15, -0.1) is 0 Å². The fourth-order valence-electron chi connectivity index (χ4n) is 2.30. The molecule has 3 aromatic rings. The maximum absolute atomic E-state index is 5.86. The quantitative estimate of drug-likeness (QED) is 0.515. The second-order valence-electron chi connectivity index (χ2n) is 5.53. The first kappa shape index (κ1) is 19.4. The van der Waals surface area contributed by atoms with Crippen molar-refractivity contribution in [3.8, 4) is 23.0 Å². The molecule has 0 aliphatic carbocycles. The topological polar surface area (TPSA) is 27.7 Å². The zero-order valence-corrected chi connectivity index (χ0v) is 15.9. The molecule has 0 radical (unpaired) electrons. The summed E-state index contributed by atoms with van der Waals surface area (Å²) in [5.74, 6) is 3.16. The van der Waals surface area contributed by atoms with Crippen molar-refractivity contribution in [1.29, 1.82) is 0 Å². The van der Waals surface area contributed by atoms with Crippen LogP contribution in [0.3, 0.4) is 0 Å². The van der Waals surface area contributed by atoms with E-state index in [2.05, 4.69) is 6.92 Å². The van der Waals surface area contributed by atoms with E-state index in [1.807, 2.05) is 86.6 Å². The van der Waals surface area contributed by atoms with E-state index in [0.717, 1.165) is 28.6 Å². The Bertz CT molecular complexity index is 795. The molecular formula is C23H26O3. The molecular weight excluding hydrogens is 324 g/mol. The van der Waals surface area contributed by atoms with E-state index in [1.165, 1.54) is 5.56 Å². The molecule has 0 unspecified atom stereocenters. The molecule has 0 spiro atoms. The van der Waals surface area contributed by atoms with Crippen molar-refractivity contribution in [1.82, 2.24) is 0 Å². The zero-order valence-electron chi connectivity index (χ0n) is 15.9. The van der Waals surface area contributed by atoms with Crippen LogP contribution in [0.15, 0.2) is 72.8 Å². The third-order valence-corrected chi connectivity index (χ3v) is 3.60. The van der Waals surface area contributed by atoms with Crippen LogP contribution in [0, 0.1) is 6.92 Å². The SMILES string of the molecule is CC.COc1cccc(COc2cccc(Oc3ccc(C)cc3)c2)c1. The van der Waals surface area contributed by atoms with Crippen LogP contribution in [0.2, 0.25) is 0 Å².